The molecule has 0 spiro atoms. The Hall–Kier alpha value is -2.63. The van der Waals surface area contributed by atoms with Gasteiger partial charge in [-0.2, -0.15) is 0 Å². The quantitative estimate of drug-likeness (QED) is 0.663. The van der Waals surface area contributed by atoms with Crippen LogP contribution < -0.4 is 0 Å². The predicted octanol–water partition coefficient (Wildman–Crippen LogP) is 3.10. The first-order valence-electron chi connectivity index (χ1n) is 8.90. The highest BCUT2D eigenvalue weighted by molar-refractivity contribution is 5.92. The van der Waals surface area contributed by atoms with E-state index in [-0.39, 0.29) is 6.04 Å². The molecule has 2 unspecified atom stereocenters. The molecule has 0 amide bonds. The van der Waals surface area contributed by atoms with Crippen molar-refractivity contribution in [3.8, 4) is 0 Å². The van der Waals surface area contributed by atoms with Crippen molar-refractivity contribution in [2.45, 2.75) is 25.1 Å². The Balaban J connectivity index is 1.68. The minimum Gasteiger partial charge on any atom is -0.465 e. The molecule has 26 heavy (non-hydrogen) atoms. The number of benzene rings is 2. The van der Waals surface area contributed by atoms with Crippen LogP contribution in [0, 0.1) is 0 Å². The molecular formula is C21H20N2O3. The molecule has 2 N–H and O–H groups in total. The van der Waals surface area contributed by atoms with Gasteiger partial charge in [0, 0.05) is 35.2 Å². The van der Waals surface area contributed by atoms with Gasteiger partial charge in [-0.1, -0.05) is 30.3 Å². The van der Waals surface area contributed by atoms with E-state index in [4.69, 9.17) is 4.74 Å². The monoisotopic (exact) mass is 348 g/mol. The molecular weight excluding hydrogens is 328 g/mol. The predicted molar refractivity (Wildman–Crippen MR) is 97.9 cm³/mol. The Labute approximate surface area is 151 Å². The zero-order chi connectivity index (χ0) is 17.8. The van der Waals surface area contributed by atoms with E-state index in [1.807, 2.05) is 24.3 Å². The summed E-state index contributed by atoms with van der Waals surface area (Å²) in [5.74, 6) is -0.401. The van der Waals surface area contributed by atoms with Gasteiger partial charge >= 0.3 is 5.97 Å². The van der Waals surface area contributed by atoms with Gasteiger partial charge in [-0.3, -0.25) is 4.90 Å². The van der Waals surface area contributed by atoms with Crippen LogP contribution in [-0.4, -0.2) is 34.6 Å². The van der Waals surface area contributed by atoms with E-state index in [0.717, 1.165) is 36.3 Å². The molecule has 5 nitrogen and oxygen atoms in total. The lowest BCUT2D eigenvalue weighted by Gasteiger charge is -2.43. The zero-order valence-electron chi connectivity index (χ0n) is 14.5. The van der Waals surface area contributed by atoms with Gasteiger partial charge in [0.1, 0.15) is 6.10 Å². The molecule has 5 rings (SSSR count). The number of fused-ring (bicyclic) bond motifs is 6. The van der Waals surface area contributed by atoms with Crippen LogP contribution in [0.25, 0.3) is 10.9 Å². The first-order chi connectivity index (χ1) is 12.7. The Bertz CT molecular complexity index is 1020. The molecule has 1 aromatic heterocycles. The van der Waals surface area contributed by atoms with Gasteiger partial charge in [0.15, 0.2) is 0 Å². The Morgan fingerprint density at radius 2 is 2.08 bits per heavy atom. The lowest BCUT2D eigenvalue weighted by atomic mass is 9.83. The van der Waals surface area contributed by atoms with Crippen LogP contribution >= 0.6 is 0 Å². The lowest BCUT2D eigenvalue weighted by molar-refractivity contribution is 0.0171. The first kappa shape index (κ1) is 15.6. The van der Waals surface area contributed by atoms with Crippen molar-refractivity contribution in [2.24, 2.45) is 0 Å². The number of rotatable bonds is 1. The third-order valence-corrected chi connectivity index (χ3v) is 5.75. The summed E-state index contributed by atoms with van der Waals surface area (Å²) < 4.78 is 4.93. The number of nitrogens with one attached hydrogen (secondary N) is 1. The highest BCUT2D eigenvalue weighted by Crippen LogP contribution is 2.46. The number of nitrogens with zero attached hydrogens (tertiary/aromatic N) is 1. The number of H-pyrrole nitrogens is 1. The summed E-state index contributed by atoms with van der Waals surface area (Å²) in [6.07, 6.45) is 0.176. The fraction of sp³-hybridized carbons (Fsp3) is 0.286. The van der Waals surface area contributed by atoms with Crippen molar-refractivity contribution in [3.05, 3.63) is 70.4 Å². The highest BCUT2D eigenvalue weighted by Gasteiger charge is 2.41. The number of hydrogen-bond donors (Lipinski definition) is 2. The largest absolute Gasteiger partial charge is 0.465 e. The van der Waals surface area contributed by atoms with Gasteiger partial charge < -0.3 is 14.8 Å². The third kappa shape index (κ3) is 2.08. The van der Waals surface area contributed by atoms with E-state index in [2.05, 4.69) is 22.0 Å². The van der Waals surface area contributed by atoms with Crippen molar-refractivity contribution in [3.63, 3.8) is 0 Å². The van der Waals surface area contributed by atoms with E-state index >= 15 is 0 Å². The van der Waals surface area contributed by atoms with Gasteiger partial charge in [-0.05, 0) is 29.7 Å². The summed E-state index contributed by atoms with van der Waals surface area (Å²) in [6, 6.07) is 13.7. The molecule has 0 saturated heterocycles. The number of carbonyl (C=O) groups excluding carboxylic acids is 1. The van der Waals surface area contributed by atoms with Crippen LogP contribution in [0.5, 0.6) is 0 Å². The SMILES string of the molecule is COC(=O)c1cccc2c1C(O)C1c3[nH]c4ccccc4c3CCN1C2. The number of hydrogen-bond acceptors (Lipinski definition) is 4. The van der Waals surface area contributed by atoms with Gasteiger partial charge in [-0.25, -0.2) is 4.79 Å². The zero-order valence-corrected chi connectivity index (χ0v) is 14.5. The summed E-state index contributed by atoms with van der Waals surface area (Å²) >= 11 is 0. The average Bonchev–Trinajstić information content (AvgIpc) is 3.05. The van der Waals surface area contributed by atoms with Crippen LogP contribution in [0.3, 0.4) is 0 Å². The minimum atomic E-state index is -0.777. The molecule has 3 heterocycles. The molecule has 0 saturated carbocycles. The highest BCUT2D eigenvalue weighted by atomic mass is 16.5. The molecule has 0 fully saturated rings. The van der Waals surface area contributed by atoms with E-state index in [1.54, 1.807) is 6.07 Å². The Morgan fingerprint density at radius 3 is 2.92 bits per heavy atom. The number of aliphatic hydroxyl groups excluding tert-OH is 1. The Kier molecular flexibility index (Phi) is 3.42. The van der Waals surface area contributed by atoms with Gasteiger partial charge in [0.25, 0.3) is 0 Å². The molecule has 3 aromatic rings. The van der Waals surface area contributed by atoms with Gasteiger partial charge in [-0.15, -0.1) is 0 Å². The molecule has 2 aliphatic heterocycles. The normalized spacial score (nSPS) is 21.8. The van der Waals surface area contributed by atoms with Crippen LogP contribution in [0.1, 0.15) is 44.9 Å². The number of aromatic nitrogens is 1. The van der Waals surface area contributed by atoms with Gasteiger partial charge in [0.05, 0.1) is 18.7 Å². The van der Waals surface area contributed by atoms with Crippen molar-refractivity contribution in [1.82, 2.24) is 9.88 Å². The number of esters is 1. The molecule has 132 valence electrons. The second kappa shape index (κ2) is 5.69. The van der Waals surface area contributed by atoms with E-state index in [0.29, 0.717) is 11.1 Å². The van der Waals surface area contributed by atoms with E-state index in [1.165, 1.54) is 18.1 Å². The van der Waals surface area contributed by atoms with Crippen LogP contribution in [-0.2, 0) is 17.7 Å². The number of para-hydroxylation sites is 1. The summed E-state index contributed by atoms with van der Waals surface area (Å²) in [4.78, 5) is 18.0. The van der Waals surface area contributed by atoms with Crippen molar-refractivity contribution >= 4 is 16.9 Å². The third-order valence-electron chi connectivity index (χ3n) is 5.75. The van der Waals surface area contributed by atoms with Crippen LogP contribution in [0.15, 0.2) is 42.5 Å². The number of carbonyl (C=O) groups is 1. The molecule has 5 heteroatoms. The van der Waals surface area contributed by atoms with Gasteiger partial charge in [0.2, 0.25) is 0 Å². The summed E-state index contributed by atoms with van der Waals surface area (Å²) in [5.41, 5.74) is 5.59. The maximum Gasteiger partial charge on any atom is 0.338 e. The number of aromatic amines is 1. The second-order valence-electron chi connectivity index (χ2n) is 7.04. The molecule has 0 radical (unpaired) electrons. The average molecular weight is 348 g/mol. The maximum atomic E-state index is 12.2. The summed E-state index contributed by atoms with van der Waals surface area (Å²) in [5, 5.41) is 12.5. The summed E-state index contributed by atoms with van der Waals surface area (Å²) in [6.45, 7) is 1.61. The first-order valence-corrected chi connectivity index (χ1v) is 8.90. The number of ether oxygens (including phenoxy) is 1. The number of methoxy groups -OCH3 is 1. The summed E-state index contributed by atoms with van der Waals surface area (Å²) in [7, 11) is 1.37. The molecule has 2 atom stereocenters. The smallest absolute Gasteiger partial charge is 0.338 e. The van der Waals surface area contributed by atoms with Crippen molar-refractivity contribution < 1.29 is 14.6 Å². The maximum absolute atomic E-state index is 12.2. The lowest BCUT2D eigenvalue weighted by Crippen LogP contribution is -2.42. The number of aliphatic hydroxyl groups is 1. The molecule has 2 aromatic carbocycles. The van der Waals surface area contributed by atoms with Crippen molar-refractivity contribution in [2.75, 3.05) is 13.7 Å². The second-order valence-corrected chi connectivity index (χ2v) is 7.04. The van der Waals surface area contributed by atoms with Crippen LogP contribution in [0.4, 0.5) is 0 Å². The standard InChI is InChI=1S/C21H20N2O3/c1-26-21(25)15-7-4-5-12-11-23-10-9-14-13-6-2-3-8-16(13)22-18(14)19(23)20(24)17(12)15/h2-8,19-20,22,24H,9-11H2,1H3. The fourth-order valence-corrected chi connectivity index (χ4v) is 4.62. The molecule has 0 aliphatic carbocycles. The van der Waals surface area contributed by atoms with E-state index < -0.39 is 12.1 Å². The van der Waals surface area contributed by atoms with E-state index in [9.17, 15) is 9.90 Å². The topological polar surface area (TPSA) is 65.6 Å². The fourth-order valence-electron chi connectivity index (χ4n) is 4.62. The molecule has 0 bridgehead atoms. The molecule has 2 aliphatic rings. The van der Waals surface area contributed by atoms with Crippen molar-refractivity contribution in [1.29, 1.82) is 0 Å². The van der Waals surface area contributed by atoms with Crippen LogP contribution in [0.2, 0.25) is 0 Å². The minimum absolute atomic E-state index is 0.176. The Morgan fingerprint density at radius 1 is 1.23 bits per heavy atom.